The Morgan fingerprint density at radius 1 is 1.19 bits per heavy atom. The summed E-state index contributed by atoms with van der Waals surface area (Å²) >= 11 is 0. The Bertz CT molecular complexity index is 498. The molecule has 0 spiro atoms. The van der Waals surface area contributed by atoms with Crippen molar-refractivity contribution in [3.8, 4) is 0 Å². The van der Waals surface area contributed by atoms with E-state index in [1.165, 1.54) is 0 Å². The Morgan fingerprint density at radius 3 is 2.50 bits per heavy atom. The molecule has 0 heterocycles. The summed E-state index contributed by atoms with van der Waals surface area (Å²) < 4.78 is 0. The van der Waals surface area contributed by atoms with Crippen molar-refractivity contribution in [3.05, 3.63) is 59.3 Å². The van der Waals surface area contributed by atoms with E-state index in [2.05, 4.69) is 0 Å². The van der Waals surface area contributed by atoms with E-state index in [-0.39, 0.29) is 29.3 Å². The van der Waals surface area contributed by atoms with E-state index < -0.39 is 0 Å². The lowest BCUT2D eigenvalue weighted by atomic mass is 9.93. The minimum Gasteiger partial charge on any atom is -0.398 e. The van der Waals surface area contributed by atoms with E-state index in [1.807, 2.05) is 6.07 Å². The zero-order valence-corrected chi connectivity index (χ0v) is 8.64. The largest absolute Gasteiger partial charge is 0.398 e. The van der Waals surface area contributed by atoms with Crippen molar-refractivity contribution in [3.63, 3.8) is 0 Å². The van der Waals surface area contributed by atoms with Crippen LogP contribution in [0.5, 0.6) is 0 Å². The molecule has 0 fully saturated rings. The predicted molar refractivity (Wildman–Crippen MR) is 60.7 cm³/mol. The molecule has 0 unspecified atom stereocenters. The Morgan fingerprint density at radius 2 is 1.88 bits per heavy atom. The normalized spacial score (nSPS) is 15.4. The molecule has 16 heavy (non-hydrogen) atoms. The van der Waals surface area contributed by atoms with Gasteiger partial charge in [-0.1, -0.05) is 36.4 Å². The molecule has 1 aromatic carbocycles. The number of carbonyl (C=O) groups excluding carboxylic acids is 2. The van der Waals surface area contributed by atoms with E-state index in [1.54, 1.807) is 36.4 Å². The Hall–Kier alpha value is -2.16. The molecule has 1 aliphatic rings. The SMILES string of the molecule is NC1=C(C(=O)c2ccccc2)C(=O)CC=C1. The summed E-state index contributed by atoms with van der Waals surface area (Å²) in [6, 6.07) is 8.68. The van der Waals surface area contributed by atoms with Crippen molar-refractivity contribution >= 4 is 11.6 Å². The van der Waals surface area contributed by atoms with Crippen LogP contribution in [0.2, 0.25) is 0 Å². The second-order valence-corrected chi connectivity index (χ2v) is 3.56. The molecular weight excluding hydrogens is 202 g/mol. The monoisotopic (exact) mass is 213 g/mol. The average Bonchev–Trinajstić information content (AvgIpc) is 2.30. The van der Waals surface area contributed by atoms with Crippen LogP contribution < -0.4 is 5.73 Å². The van der Waals surface area contributed by atoms with Crippen LogP contribution in [0, 0.1) is 0 Å². The van der Waals surface area contributed by atoms with Gasteiger partial charge in [0.05, 0.1) is 5.57 Å². The summed E-state index contributed by atoms with van der Waals surface area (Å²) in [7, 11) is 0. The second-order valence-electron chi connectivity index (χ2n) is 3.56. The molecule has 80 valence electrons. The van der Waals surface area contributed by atoms with Gasteiger partial charge in [-0.15, -0.1) is 0 Å². The molecule has 0 aliphatic heterocycles. The lowest BCUT2D eigenvalue weighted by molar-refractivity contribution is -0.114. The Balaban J connectivity index is 2.43. The van der Waals surface area contributed by atoms with Gasteiger partial charge in [0.1, 0.15) is 0 Å². The number of hydrogen-bond donors (Lipinski definition) is 1. The van der Waals surface area contributed by atoms with Crippen LogP contribution in [0.4, 0.5) is 0 Å². The highest BCUT2D eigenvalue weighted by Gasteiger charge is 2.23. The molecule has 3 heteroatoms. The van der Waals surface area contributed by atoms with Gasteiger partial charge >= 0.3 is 0 Å². The van der Waals surface area contributed by atoms with Crippen molar-refractivity contribution in [1.29, 1.82) is 0 Å². The van der Waals surface area contributed by atoms with Gasteiger partial charge in [-0.25, -0.2) is 0 Å². The van der Waals surface area contributed by atoms with Crippen molar-refractivity contribution in [1.82, 2.24) is 0 Å². The van der Waals surface area contributed by atoms with Crippen LogP contribution in [-0.2, 0) is 4.79 Å². The number of hydrogen-bond acceptors (Lipinski definition) is 3. The molecule has 0 saturated carbocycles. The average molecular weight is 213 g/mol. The summed E-state index contributed by atoms with van der Waals surface area (Å²) in [6.45, 7) is 0. The highest BCUT2D eigenvalue weighted by Crippen LogP contribution is 2.17. The molecule has 0 atom stereocenters. The van der Waals surface area contributed by atoms with Crippen LogP contribution in [0.15, 0.2) is 53.8 Å². The zero-order valence-electron chi connectivity index (χ0n) is 8.64. The molecule has 0 amide bonds. The van der Waals surface area contributed by atoms with Crippen molar-refractivity contribution in [2.75, 3.05) is 0 Å². The van der Waals surface area contributed by atoms with Crippen LogP contribution in [0.3, 0.4) is 0 Å². The lowest BCUT2D eigenvalue weighted by Gasteiger charge is -2.10. The fourth-order valence-electron chi connectivity index (χ4n) is 1.63. The van der Waals surface area contributed by atoms with E-state index in [4.69, 9.17) is 5.73 Å². The molecule has 3 nitrogen and oxygen atoms in total. The smallest absolute Gasteiger partial charge is 0.198 e. The number of Topliss-reactive ketones (excluding diaryl/α,β-unsaturated/α-hetero) is 2. The minimum atomic E-state index is -0.299. The first-order valence-corrected chi connectivity index (χ1v) is 4.99. The second kappa shape index (κ2) is 4.14. The Kier molecular flexibility index (Phi) is 2.68. The summed E-state index contributed by atoms with van der Waals surface area (Å²) in [4.78, 5) is 23.6. The maximum atomic E-state index is 12.0. The quantitative estimate of drug-likeness (QED) is 0.599. The third-order valence-electron chi connectivity index (χ3n) is 2.43. The number of rotatable bonds is 2. The molecule has 0 bridgehead atoms. The van der Waals surface area contributed by atoms with Crippen molar-refractivity contribution < 1.29 is 9.59 Å². The van der Waals surface area contributed by atoms with Crippen molar-refractivity contribution in [2.45, 2.75) is 6.42 Å². The molecule has 1 aliphatic carbocycles. The summed E-state index contributed by atoms with van der Waals surface area (Å²) in [6.07, 6.45) is 3.52. The first-order valence-electron chi connectivity index (χ1n) is 4.99. The van der Waals surface area contributed by atoms with Crippen molar-refractivity contribution in [2.24, 2.45) is 5.73 Å². The number of carbonyl (C=O) groups is 2. The predicted octanol–water partition coefficient (Wildman–Crippen LogP) is 1.61. The van der Waals surface area contributed by atoms with Crippen LogP contribution in [-0.4, -0.2) is 11.6 Å². The van der Waals surface area contributed by atoms with Gasteiger partial charge in [-0.3, -0.25) is 9.59 Å². The third kappa shape index (κ3) is 1.80. The summed E-state index contributed by atoms with van der Waals surface area (Å²) in [5.41, 5.74) is 6.51. The fourth-order valence-corrected chi connectivity index (χ4v) is 1.63. The highest BCUT2D eigenvalue weighted by molar-refractivity contribution is 6.27. The summed E-state index contributed by atoms with van der Waals surface area (Å²) in [5.74, 6) is -0.513. The molecule has 1 aromatic rings. The maximum absolute atomic E-state index is 12.0. The molecule has 0 radical (unpaired) electrons. The fraction of sp³-hybridized carbons (Fsp3) is 0.0769. The van der Waals surface area contributed by atoms with Crippen LogP contribution in [0.25, 0.3) is 0 Å². The van der Waals surface area contributed by atoms with E-state index in [9.17, 15) is 9.59 Å². The van der Waals surface area contributed by atoms with E-state index in [0.717, 1.165) is 0 Å². The summed E-state index contributed by atoms with van der Waals surface area (Å²) in [5, 5.41) is 0. The van der Waals surface area contributed by atoms with Gasteiger partial charge < -0.3 is 5.73 Å². The molecule has 2 N–H and O–H groups in total. The molecular formula is C13H11NO2. The number of nitrogens with two attached hydrogens (primary N) is 1. The third-order valence-corrected chi connectivity index (χ3v) is 2.43. The number of ketones is 2. The molecule has 0 saturated heterocycles. The van der Waals surface area contributed by atoms with E-state index in [0.29, 0.717) is 5.56 Å². The van der Waals surface area contributed by atoms with Gasteiger partial charge in [0.15, 0.2) is 11.6 Å². The number of benzene rings is 1. The highest BCUT2D eigenvalue weighted by atomic mass is 16.1. The van der Waals surface area contributed by atoms with Gasteiger partial charge in [-0.2, -0.15) is 0 Å². The van der Waals surface area contributed by atoms with E-state index >= 15 is 0 Å². The zero-order chi connectivity index (χ0) is 11.5. The van der Waals surface area contributed by atoms with Gasteiger partial charge in [0.2, 0.25) is 0 Å². The molecule has 0 aromatic heterocycles. The van der Waals surface area contributed by atoms with Gasteiger partial charge in [0.25, 0.3) is 0 Å². The van der Waals surface area contributed by atoms with Gasteiger partial charge in [-0.05, 0) is 6.08 Å². The minimum absolute atomic E-state index is 0.105. The molecule has 2 rings (SSSR count). The van der Waals surface area contributed by atoms with Gasteiger partial charge in [0, 0.05) is 17.7 Å². The first-order chi connectivity index (χ1) is 7.70. The van der Waals surface area contributed by atoms with Crippen LogP contribution >= 0.6 is 0 Å². The Labute approximate surface area is 93.3 Å². The standard InChI is InChI=1S/C13H11NO2/c14-10-7-4-8-11(15)12(10)13(16)9-5-2-1-3-6-9/h1-7H,8,14H2. The first kappa shape index (κ1) is 10.4. The number of allylic oxidation sites excluding steroid dienone is 3. The van der Waals surface area contributed by atoms with Crippen LogP contribution in [0.1, 0.15) is 16.8 Å². The lowest BCUT2D eigenvalue weighted by Crippen LogP contribution is -2.20. The maximum Gasteiger partial charge on any atom is 0.198 e. The topological polar surface area (TPSA) is 60.2 Å².